The Morgan fingerprint density at radius 3 is 2.71 bits per heavy atom. The third-order valence-electron chi connectivity index (χ3n) is 4.15. The van der Waals surface area contributed by atoms with Gasteiger partial charge in [-0.1, -0.05) is 12.1 Å². The minimum Gasteiger partial charge on any atom is -0.341 e. The summed E-state index contributed by atoms with van der Waals surface area (Å²) in [6.45, 7) is 1.77. The van der Waals surface area contributed by atoms with Crippen LogP contribution in [0.1, 0.15) is 12.8 Å². The highest BCUT2D eigenvalue weighted by Gasteiger charge is 2.39. The molecule has 0 bridgehead atoms. The number of hydrogen-bond donors (Lipinski definition) is 1. The molecule has 1 aromatic carbocycles. The predicted octanol–water partition coefficient (Wildman–Crippen LogP) is 1.36. The first-order valence-corrected chi connectivity index (χ1v) is 7.95. The van der Waals surface area contributed by atoms with Gasteiger partial charge in [-0.2, -0.15) is 0 Å². The molecule has 0 saturated carbocycles. The first-order chi connectivity index (χ1) is 10.1. The molecule has 2 fully saturated rings. The number of halogens is 1. The van der Waals surface area contributed by atoms with Crippen LogP contribution in [0.3, 0.4) is 0 Å². The number of nitrogens with zero attached hydrogens (tertiary/aromatic N) is 2. The van der Waals surface area contributed by atoms with Crippen LogP contribution in [0.4, 0.5) is 5.69 Å². The van der Waals surface area contributed by atoms with E-state index in [0.717, 1.165) is 16.6 Å². The lowest BCUT2D eigenvalue weighted by atomic mass is 10.1. The van der Waals surface area contributed by atoms with Crippen LogP contribution in [-0.2, 0) is 9.59 Å². The van der Waals surface area contributed by atoms with Gasteiger partial charge >= 0.3 is 0 Å². The van der Waals surface area contributed by atoms with Gasteiger partial charge in [-0.05, 0) is 34.5 Å². The Bertz CT molecular complexity index is 578. The lowest BCUT2D eigenvalue weighted by Gasteiger charge is -2.21. The Kier molecular flexibility index (Phi) is 3.99. The second-order valence-corrected chi connectivity index (χ2v) is 6.54. The van der Waals surface area contributed by atoms with Crippen molar-refractivity contribution in [3.8, 4) is 0 Å². The summed E-state index contributed by atoms with van der Waals surface area (Å²) in [5.41, 5.74) is 6.68. The van der Waals surface area contributed by atoms with E-state index in [4.69, 9.17) is 5.73 Å². The molecule has 0 spiro atoms. The van der Waals surface area contributed by atoms with Crippen molar-refractivity contribution in [3.63, 3.8) is 0 Å². The van der Waals surface area contributed by atoms with Gasteiger partial charge in [0.2, 0.25) is 11.8 Å². The second-order valence-electron chi connectivity index (χ2n) is 5.69. The molecule has 6 heteroatoms. The Morgan fingerprint density at radius 2 is 2.05 bits per heavy atom. The van der Waals surface area contributed by atoms with Gasteiger partial charge < -0.3 is 15.5 Å². The van der Waals surface area contributed by atoms with E-state index < -0.39 is 0 Å². The largest absolute Gasteiger partial charge is 0.341 e. The van der Waals surface area contributed by atoms with E-state index in [2.05, 4.69) is 15.9 Å². The summed E-state index contributed by atoms with van der Waals surface area (Å²) in [6, 6.07) is 7.66. The number of carbonyl (C=O) groups is 2. The maximum absolute atomic E-state index is 12.5. The van der Waals surface area contributed by atoms with Crippen LogP contribution in [0.5, 0.6) is 0 Å². The minimum absolute atomic E-state index is 0.00347. The van der Waals surface area contributed by atoms with Gasteiger partial charge in [-0.3, -0.25) is 9.59 Å². The van der Waals surface area contributed by atoms with E-state index in [-0.39, 0.29) is 30.2 Å². The quantitative estimate of drug-likeness (QED) is 0.874. The van der Waals surface area contributed by atoms with Crippen molar-refractivity contribution in [2.24, 2.45) is 11.7 Å². The van der Waals surface area contributed by atoms with Crippen LogP contribution in [-0.4, -0.2) is 42.4 Å². The Balaban J connectivity index is 1.73. The lowest BCUT2D eigenvalue weighted by Crippen LogP contribution is -2.37. The summed E-state index contributed by atoms with van der Waals surface area (Å²) >= 11 is 3.46. The van der Waals surface area contributed by atoms with Crippen LogP contribution >= 0.6 is 15.9 Å². The molecule has 5 nitrogen and oxygen atoms in total. The minimum atomic E-state index is -0.255. The normalized spacial score (nSPS) is 25.7. The number of carbonyl (C=O) groups excluding carboxylic acids is 2. The average Bonchev–Trinajstić information content (AvgIpc) is 3.05. The number of benzene rings is 1. The number of anilines is 1. The predicted molar refractivity (Wildman–Crippen MR) is 83.8 cm³/mol. The van der Waals surface area contributed by atoms with Crippen LogP contribution in [0, 0.1) is 5.92 Å². The monoisotopic (exact) mass is 351 g/mol. The SMILES string of the molecule is N[C@@H]1CCN(C(=O)C2CC(=O)N(c3ccccc3Br)C2)C1. The van der Waals surface area contributed by atoms with Gasteiger partial charge in [0.15, 0.2) is 0 Å². The summed E-state index contributed by atoms with van der Waals surface area (Å²) in [5.74, 6) is -0.190. The molecule has 2 heterocycles. The molecular weight excluding hydrogens is 334 g/mol. The zero-order valence-electron chi connectivity index (χ0n) is 11.7. The van der Waals surface area contributed by atoms with E-state index >= 15 is 0 Å². The maximum Gasteiger partial charge on any atom is 0.228 e. The molecule has 3 rings (SSSR count). The van der Waals surface area contributed by atoms with E-state index in [1.54, 1.807) is 9.80 Å². The van der Waals surface area contributed by atoms with Crippen LogP contribution in [0.15, 0.2) is 28.7 Å². The molecule has 2 saturated heterocycles. The molecule has 1 unspecified atom stereocenters. The average molecular weight is 352 g/mol. The number of likely N-dealkylation sites (tertiary alicyclic amines) is 1. The molecule has 2 aliphatic rings. The zero-order valence-corrected chi connectivity index (χ0v) is 13.3. The van der Waals surface area contributed by atoms with Gasteiger partial charge in [0.1, 0.15) is 0 Å². The zero-order chi connectivity index (χ0) is 15.0. The molecule has 2 amide bonds. The third kappa shape index (κ3) is 2.82. The fourth-order valence-electron chi connectivity index (χ4n) is 3.02. The first-order valence-electron chi connectivity index (χ1n) is 7.15. The van der Waals surface area contributed by atoms with Gasteiger partial charge in [0, 0.05) is 36.6 Å². The van der Waals surface area contributed by atoms with Crippen molar-refractivity contribution >= 4 is 33.4 Å². The number of para-hydroxylation sites is 1. The Labute approximate surface area is 132 Å². The van der Waals surface area contributed by atoms with Gasteiger partial charge in [0.25, 0.3) is 0 Å². The third-order valence-corrected chi connectivity index (χ3v) is 4.82. The van der Waals surface area contributed by atoms with E-state index in [0.29, 0.717) is 19.6 Å². The van der Waals surface area contributed by atoms with Crippen molar-refractivity contribution in [2.75, 3.05) is 24.5 Å². The lowest BCUT2D eigenvalue weighted by molar-refractivity contribution is -0.134. The van der Waals surface area contributed by atoms with Crippen molar-refractivity contribution in [1.29, 1.82) is 0 Å². The Morgan fingerprint density at radius 1 is 1.29 bits per heavy atom. The molecule has 2 aliphatic heterocycles. The summed E-state index contributed by atoms with van der Waals surface area (Å²) in [7, 11) is 0. The summed E-state index contributed by atoms with van der Waals surface area (Å²) in [5, 5.41) is 0. The molecular formula is C15H18BrN3O2. The standard InChI is InChI=1S/C15H18BrN3O2/c16-12-3-1-2-4-13(12)19-8-10(7-14(19)20)15(21)18-6-5-11(17)9-18/h1-4,10-11H,5-9,17H2/t10?,11-/m1/s1. The molecule has 0 radical (unpaired) electrons. The highest BCUT2D eigenvalue weighted by atomic mass is 79.9. The molecule has 0 aliphatic carbocycles. The second kappa shape index (κ2) is 5.77. The topological polar surface area (TPSA) is 66.6 Å². The van der Waals surface area contributed by atoms with Crippen LogP contribution in [0.25, 0.3) is 0 Å². The molecule has 2 atom stereocenters. The fraction of sp³-hybridized carbons (Fsp3) is 0.467. The fourth-order valence-corrected chi connectivity index (χ4v) is 3.52. The number of rotatable bonds is 2. The summed E-state index contributed by atoms with van der Waals surface area (Å²) < 4.78 is 0.870. The molecule has 21 heavy (non-hydrogen) atoms. The Hall–Kier alpha value is -1.40. The highest BCUT2D eigenvalue weighted by molar-refractivity contribution is 9.10. The van der Waals surface area contributed by atoms with Crippen molar-refractivity contribution in [3.05, 3.63) is 28.7 Å². The number of nitrogens with two attached hydrogens (primary N) is 1. The molecule has 2 N–H and O–H groups in total. The molecule has 112 valence electrons. The van der Waals surface area contributed by atoms with E-state index in [9.17, 15) is 9.59 Å². The smallest absolute Gasteiger partial charge is 0.228 e. The van der Waals surface area contributed by atoms with Crippen molar-refractivity contribution in [2.45, 2.75) is 18.9 Å². The van der Waals surface area contributed by atoms with E-state index in [1.165, 1.54) is 0 Å². The molecule has 0 aromatic heterocycles. The van der Waals surface area contributed by atoms with Crippen LogP contribution in [0.2, 0.25) is 0 Å². The van der Waals surface area contributed by atoms with Crippen molar-refractivity contribution in [1.82, 2.24) is 4.90 Å². The van der Waals surface area contributed by atoms with Crippen LogP contribution < -0.4 is 10.6 Å². The van der Waals surface area contributed by atoms with Gasteiger partial charge in [-0.25, -0.2) is 0 Å². The van der Waals surface area contributed by atoms with Gasteiger partial charge in [-0.15, -0.1) is 0 Å². The molecule has 1 aromatic rings. The van der Waals surface area contributed by atoms with Gasteiger partial charge in [0.05, 0.1) is 11.6 Å². The first kappa shape index (κ1) is 14.5. The number of amides is 2. The summed E-state index contributed by atoms with van der Waals surface area (Å²) in [6.07, 6.45) is 1.13. The number of hydrogen-bond acceptors (Lipinski definition) is 3. The maximum atomic E-state index is 12.5. The van der Waals surface area contributed by atoms with Crippen molar-refractivity contribution < 1.29 is 9.59 Å². The highest BCUT2D eigenvalue weighted by Crippen LogP contribution is 2.32. The van der Waals surface area contributed by atoms with E-state index in [1.807, 2.05) is 24.3 Å². The summed E-state index contributed by atoms with van der Waals surface area (Å²) in [4.78, 5) is 28.2.